The molecule has 2 heterocycles. The van der Waals surface area contributed by atoms with Gasteiger partial charge in [-0.2, -0.15) is 0 Å². The average molecular weight is 424 g/mol. The highest BCUT2D eigenvalue weighted by Crippen LogP contribution is 2.24. The third-order valence-electron chi connectivity index (χ3n) is 6.25. The zero-order valence-corrected chi connectivity index (χ0v) is 17.9. The molecule has 2 amide bonds. The number of rotatable bonds is 5. The summed E-state index contributed by atoms with van der Waals surface area (Å²) in [6, 6.07) is 13.8. The topological polar surface area (TPSA) is 52.7 Å². The largest absolute Gasteiger partial charge is 0.339 e. The quantitative estimate of drug-likeness (QED) is 0.780. The van der Waals surface area contributed by atoms with Gasteiger partial charge in [-0.3, -0.25) is 14.5 Å². The summed E-state index contributed by atoms with van der Waals surface area (Å²) in [7, 11) is 0. The van der Waals surface area contributed by atoms with Gasteiger partial charge in [0.15, 0.2) is 0 Å². The van der Waals surface area contributed by atoms with Crippen LogP contribution in [0.1, 0.15) is 48.0 Å². The molecular weight excluding hydrogens is 393 g/mol. The number of carbonyl (C=O) groups is 2. The molecular formula is C25H30FN3O2. The molecule has 2 aromatic rings. The van der Waals surface area contributed by atoms with Crippen molar-refractivity contribution in [3.8, 4) is 0 Å². The van der Waals surface area contributed by atoms with Crippen molar-refractivity contribution in [3.63, 3.8) is 0 Å². The fourth-order valence-electron chi connectivity index (χ4n) is 4.54. The van der Waals surface area contributed by atoms with Crippen LogP contribution in [0.25, 0.3) is 0 Å². The van der Waals surface area contributed by atoms with Gasteiger partial charge in [0.25, 0.3) is 5.91 Å². The first-order chi connectivity index (χ1) is 15.1. The van der Waals surface area contributed by atoms with Gasteiger partial charge in [-0.05, 0) is 68.5 Å². The number of piperidine rings is 2. The molecule has 1 N–H and O–H groups in total. The number of benzene rings is 2. The minimum Gasteiger partial charge on any atom is -0.339 e. The molecule has 1 atom stereocenters. The Kier molecular flexibility index (Phi) is 6.97. The molecule has 2 aliphatic heterocycles. The maximum atomic E-state index is 13.2. The van der Waals surface area contributed by atoms with Crippen LogP contribution >= 0.6 is 0 Å². The van der Waals surface area contributed by atoms with E-state index in [1.165, 1.54) is 12.1 Å². The standard InChI is InChI=1S/C25H30FN3O2/c26-21-12-10-19(11-13-21)17-28-14-6-7-20(18-28)24(30)27-23-9-3-2-8-22(23)25(31)29-15-4-1-5-16-29/h2-3,8-13,20H,1,4-7,14-18H2,(H,27,30)/t20-/m1/s1. The Bertz CT molecular complexity index is 909. The highest BCUT2D eigenvalue weighted by Gasteiger charge is 2.27. The van der Waals surface area contributed by atoms with Crippen molar-refractivity contribution >= 4 is 17.5 Å². The molecule has 2 aliphatic rings. The molecule has 0 saturated carbocycles. The summed E-state index contributed by atoms with van der Waals surface area (Å²) in [6.45, 7) is 3.84. The Balaban J connectivity index is 1.39. The van der Waals surface area contributed by atoms with E-state index in [1.54, 1.807) is 18.2 Å². The van der Waals surface area contributed by atoms with Crippen LogP contribution in [0.4, 0.5) is 10.1 Å². The number of para-hydroxylation sites is 1. The highest BCUT2D eigenvalue weighted by atomic mass is 19.1. The number of nitrogens with zero attached hydrogens (tertiary/aromatic N) is 2. The Morgan fingerprint density at radius 2 is 1.68 bits per heavy atom. The van der Waals surface area contributed by atoms with Crippen LogP contribution in [0.5, 0.6) is 0 Å². The van der Waals surface area contributed by atoms with E-state index in [0.29, 0.717) is 24.3 Å². The van der Waals surface area contributed by atoms with E-state index >= 15 is 0 Å². The first-order valence-corrected chi connectivity index (χ1v) is 11.3. The lowest BCUT2D eigenvalue weighted by atomic mass is 9.96. The van der Waals surface area contributed by atoms with E-state index in [1.807, 2.05) is 23.1 Å². The second kappa shape index (κ2) is 10.1. The zero-order chi connectivity index (χ0) is 21.6. The van der Waals surface area contributed by atoms with E-state index in [0.717, 1.165) is 57.3 Å². The number of carbonyl (C=O) groups excluding carboxylic acids is 2. The number of halogens is 1. The van der Waals surface area contributed by atoms with Gasteiger partial charge in [-0.15, -0.1) is 0 Å². The lowest BCUT2D eigenvalue weighted by Gasteiger charge is -2.32. The SMILES string of the molecule is O=C(Nc1ccccc1C(=O)N1CCCCC1)[C@@H]1CCCN(Cc2ccc(F)cc2)C1. The molecule has 31 heavy (non-hydrogen) atoms. The second-order valence-electron chi connectivity index (χ2n) is 8.59. The second-order valence-corrected chi connectivity index (χ2v) is 8.59. The number of hydrogen-bond donors (Lipinski definition) is 1. The summed E-state index contributed by atoms with van der Waals surface area (Å²) in [5.74, 6) is -0.412. The van der Waals surface area contributed by atoms with Gasteiger partial charge in [0.05, 0.1) is 17.2 Å². The fraction of sp³-hybridized carbons (Fsp3) is 0.440. The summed E-state index contributed by atoms with van der Waals surface area (Å²) < 4.78 is 13.2. The van der Waals surface area contributed by atoms with Crippen molar-refractivity contribution in [3.05, 3.63) is 65.5 Å². The molecule has 0 aliphatic carbocycles. The third-order valence-corrected chi connectivity index (χ3v) is 6.25. The fourth-order valence-corrected chi connectivity index (χ4v) is 4.54. The summed E-state index contributed by atoms with van der Waals surface area (Å²) in [4.78, 5) is 30.2. The molecule has 2 aromatic carbocycles. The highest BCUT2D eigenvalue weighted by molar-refractivity contribution is 6.04. The Morgan fingerprint density at radius 3 is 2.45 bits per heavy atom. The number of hydrogen-bond acceptors (Lipinski definition) is 3. The van der Waals surface area contributed by atoms with Gasteiger partial charge in [0.1, 0.15) is 5.82 Å². The molecule has 6 heteroatoms. The minimum absolute atomic E-state index is 0.00261. The monoisotopic (exact) mass is 423 g/mol. The van der Waals surface area contributed by atoms with Crippen molar-refractivity contribution in [1.82, 2.24) is 9.80 Å². The third kappa shape index (κ3) is 5.50. The minimum atomic E-state index is -0.239. The number of amides is 2. The van der Waals surface area contributed by atoms with Crippen LogP contribution in [-0.2, 0) is 11.3 Å². The molecule has 0 radical (unpaired) electrons. The van der Waals surface area contributed by atoms with Crippen molar-refractivity contribution in [2.24, 2.45) is 5.92 Å². The van der Waals surface area contributed by atoms with Crippen molar-refractivity contribution in [1.29, 1.82) is 0 Å². The molecule has 164 valence electrons. The lowest BCUT2D eigenvalue weighted by molar-refractivity contribution is -0.121. The number of nitrogens with one attached hydrogen (secondary N) is 1. The van der Waals surface area contributed by atoms with E-state index < -0.39 is 0 Å². The smallest absolute Gasteiger partial charge is 0.255 e. The van der Waals surface area contributed by atoms with Gasteiger partial charge in [0, 0.05) is 26.2 Å². The Hall–Kier alpha value is -2.73. The van der Waals surface area contributed by atoms with Gasteiger partial charge < -0.3 is 10.2 Å². The molecule has 0 spiro atoms. The van der Waals surface area contributed by atoms with Crippen molar-refractivity contribution < 1.29 is 14.0 Å². The maximum Gasteiger partial charge on any atom is 0.255 e. The summed E-state index contributed by atoms with van der Waals surface area (Å²) in [6.07, 6.45) is 5.00. The van der Waals surface area contributed by atoms with Crippen LogP contribution in [0, 0.1) is 11.7 Å². The molecule has 0 unspecified atom stereocenters. The Labute approximate surface area is 183 Å². The molecule has 4 rings (SSSR count). The number of likely N-dealkylation sites (tertiary alicyclic amines) is 2. The molecule has 0 bridgehead atoms. The maximum absolute atomic E-state index is 13.2. The molecule has 2 saturated heterocycles. The Morgan fingerprint density at radius 1 is 0.935 bits per heavy atom. The normalized spacial score (nSPS) is 19.8. The van der Waals surface area contributed by atoms with Crippen LogP contribution in [0.2, 0.25) is 0 Å². The predicted molar refractivity (Wildman–Crippen MR) is 119 cm³/mol. The molecule has 0 aromatic heterocycles. The molecule has 2 fully saturated rings. The van der Waals surface area contributed by atoms with Crippen LogP contribution in [0.3, 0.4) is 0 Å². The number of anilines is 1. The van der Waals surface area contributed by atoms with Gasteiger partial charge in [0.2, 0.25) is 5.91 Å². The molecule has 5 nitrogen and oxygen atoms in total. The van der Waals surface area contributed by atoms with Crippen molar-refractivity contribution in [2.45, 2.75) is 38.6 Å². The summed E-state index contributed by atoms with van der Waals surface area (Å²) in [5.41, 5.74) is 2.20. The first-order valence-electron chi connectivity index (χ1n) is 11.3. The van der Waals surface area contributed by atoms with Gasteiger partial charge in [-0.25, -0.2) is 4.39 Å². The summed E-state index contributed by atoms with van der Waals surface area (Å²) in [5, 5.41) is 3.03. The van der Waals surface area contributed by atoms with E-state index in [-0.39, 0.29) is 23.5 Å². The average Bonchev–Trinajstić information content (AvgIpc) is 2.81. The van der Waals surface area contributed by atoms with E-state index in [2.05, 4.69) is 10.2 Å². The predicted octanol–water partition coefficient (Wildman–Crippen LogP) is 4.30. The van der Waals surface area contributed by atoms with E-state index in [9.17, 15) is 14.0 Å². The van der Waals surface area contributed by atoms with Crippen molar-refractivity contribution in [2.75, 3.05) is 31.5 Å². The van der Waals surface area contributed by atoms with Gasteiger partial charge >= 0.3 is 0 Å². The first kappa shape index (κ1) is 21.5. The summed E-state index contributed by atoms with van der Waals surface area (Å²) >= 11 is 0. The van der Waals surface area contributed by atoms with Crippen LogP contribution in [-0.4, -0.2) is 47.8 Å². The zero-order valence-electron chi connectivity index (χ0n) is 17.9. The van der Waals surface area contributed by atoms with Crippen LogP contribution < -0.4 is 5.32 Å². The van der Waals surface area contributed by atoms with E-state index in [4.69, 9.17) is 0 Å². The van der Waals surface area contributed by atoms with Crippen LogP contribution in [0.15, 0.2) is 48.5 Å². The lowest BCUT2D eigenvalue weighted by Crippen LogP contribution is -2.40. The van der Waals surface area contributed by atoms with Gasteiger partial charge in [-0.1, -0.05) is 24.3 Å².